The van der Waals surface area contributed by atoms with Crippen molar-refractivity contribution in [2.45, 2.75) is 32.0 Å². The number of hydrogen-bond acceptors (Lipinski definition) is 7. The number of rotatable bonds is 3. The second-order valence-corrected chi connectivity index (χ2v) is 6.53. The van der Waals surface area contributed by atoms with Crippen molar-refractivity contribution in [2.75, 3.05) is 13.1 Å². The Morgan fingerprint density at radius 3 is 3.09 bits per heavy atom. The summed E-state index contributed by atoms with van der Waals surface area (Å²) in [7, 11) is 0. The van der Waals surface area contributed by atoms with E-state index >= 15 is 0 Å². The second-order valence-electron chi connectivity index (χ2n) is 5.82. The smallest absolute Gasteiger partial charge is 0.273 e. The molecule has 2 aromatic rings. The Morgan fingerprint density at radius 1 is 1.50 bits per heavy atom. The predicted molar refractivity (Wildman–Crippen MR) is 77.5 cm³/mol. The van der Waals surface area contributed by atoms with E-state index in [1.165, 1.54) is 11.3 Å². The number of thiazole rings is 1. The minimum Gasteiger partial charge on any atom is -0.372 e. The summed E-state index contributed by atoms with van der Waals surface area (Å²) in [5.41, 5.74) is 2.21. The number of carbonyl (C=O) groups is 1. The van der Waals surface area contributed by atoms with Crippen LogP contribution in [0.1, 0.15) is 28.6 Å². The molecule has 0 unspecified atom stereocenters. The molecule has 2 aliphatic rings. The van der Waals surface area contributed by atoms with E-state index in [4.69, 9.17) is 9.26 Å². The van der Waals surface area contributed by atoms with E-state index in [9.17, 15) is 4.79 Å². The van der Waals surface area contributed by atoms with Crippen molar-refractivity contribution in [1.29, 1.82) is 0 Å². The Balaban J connectivity index is 1.35. The molecular formula is C14H16N4O3S. The fraction of sp³-hybridized carbons (Fsp3) is 0.571. The molecule has 8 heteroatoms. The van der Waals surface area contributed by atoms with Gasteiger partial charge in [0.05, 0.1) is 24.1 Å². The van der Waals surface area contributed by atoms with Crippen LogP contribution < -0.4 is 0 Å². The zero-order valence-corrected chi connectivity index (χ0v) is 13.0. The van der Waals surface area contributed by atoms with E-state index in [1.54, 1.807) is 17.8 Å². The van der Waals surface area contributed by atoms with Crippen molar-refractivity contribution in [3.05, 3.63) is 28.3 Å². The van der Waals surface area contributed by atoms with Gasteiger partial charge in [0.2, 0.25) is 5.89 Å². The average Bonchev–Trinajstić information content (AvgIpc) is 3.21. The highest BCUT2D eigenvalue weighted by atomic mass is 32.1. The number of aromatic nitrogens is 3. The van der Waals surface area contributed by atoms with E-state index in [-0.39, 0.29) is 18.1 Å². The maximum absolute atomic E-state index is 12.3. The SMILES string of the molecule is Cc1noc(C[C@@H]2C[C@@H]3CN(C(=O)c4cscn4)C[C@@H]3O2)n1. The molecule has 4 heterocycles. The number of likely N-dealkylation sites (tertiary alicyclic amines) is 1. The van der Waals surface area contributed by atoms with Crippen LogP contribution in [0.2, 0.25) is 0 Å². The van der Waals surface area contributed by atoms with Gasteiger partial charge in [-0.05, 0) is 13.3 Å². The highest BCUT2D eigenvalue weighted by molar-refractivity contribution is 7.07. The summed E-state index contributed by atoms with van der Waals surface area (Å²) < 4.78 is 11.2. The fourth-order valence-corrected chi connectivity index (χ4v) is 3.78. The lowest BCUT2D eigenvalue weighted by Crippen LogP contribution is -2.31. The van der Waals surface area contributed by atoms with Crippen molar-refractivity contribution in [2.24, 2.45) is 5.92 Å². The highest BCUT2D eigenvalue weighted by Crippen LogP contribution is 2.34. The molecule has 0 bridgehead atoms. The lowest BCUT2D eigenvalue weighted by molar-refractivity contribution is 0.0329. The van der Waals surface area contributed by atoms with E-state index in [0.717, 1.165) is 13.0 Å². The van der Waals surface area contributed by atoms with Crippen LogP contribution in [0.25, 0.3) is 0 Å². The minimum atomic E-state index is 0.00308. The van der Waals surface area contributed by atoms with Crippen molar-refractivity contribution in [1.82, 2.24) is 20.0 Å². The summed E-state index contributed by atoms with van der Waals surface area (Å²) >= 11 is 1.44. The molecule has 2 aliphatic heterocycles. The standard InChI is InChI=1S/C14H16N4O3S/c1-8-16-13(21-17-8)3-10-2-9-4-18(5-12(9)20-10)14(19)11-6-22-7-15-11/h6-7,9-10,12H,2-5H2,1H3/t9-,10+,12+/m1/s1. The normalized spacial score (nSPS) is 27.3. The maximum Gasteiger partial charge on any atom is 0.273 e. The molecule has 0 aliphatic carbocycles. The summed E-state index contributed by atoms with van der Waals surface area (Å²) in [6, 6.07) is 0. The molecule has 116 valence electrons. The van der Waals surface area contributed by atoms with E-state index in [2.05, 4.69) is 15.1 Å². The third-order valence-electron chi connectivity index (χ3n) is 4.22. The second kappa shape index (κ2) is 5.44. The van der Waals surface area contributed by atoms with E-state index in [0.29, 0.717) is 36.3 Å². The molecular weight excluding hydrogens is 304 g/mol. The van der Waals surface area contributed by atoms with Gasteiger partial charge in [-0.2, -0.15) is 4.98 Å². The molecule has 2 aromatic heterocycles. The summed E-state index contributed by atoms with van der Waals surface area (Å²) in [5.74, 6) is 1.66. The van der Waals surface area contributed by atoms with Gasteiger partial charge in [-0.15, -0.1) is 11.3 Å². The van der Waals surface area contributed by atoms with Gasteiger partial charge in [-0.3, -0.25) is 4.79 Å². The van der Waals surface area contributed by atoms with Gasteiger partial charge in [-0.25, -0.2) is 4.98 Å². The first-order valence-electron chi connectivity index (χ1n) is 7.31. The van der Waals surface area contributed by atoms with Gasteiger partial charge in [-0.1, -0.05) is 5.16 Å². The first-order chi connectivity index (χ1) is 10.7. The first-order valence-corrected chi connectivity index (χ1v) is 8.25. The Kier molecular flexibility index (Phi) is 3.42. The molecule has 4 rings (SSSR count). The third-order valence-corrected chi connectivity index (χ3v) is 4.81. The number of carbonyl (C=O) groups excluding carboxylic acids is 1. The van der Waals surface area contributed by atoms with Gasteiger partial charge in [0, 0.05) is 24.4 Å². The van der Waals surface area contributed by atoms with Crippen LogP contribution in [0.15, 0.2) is 15.4 Å². The van der Waals surface area contributed by atoms with Crippen molar-refractivity contribution < 1.29 is 14.1 Å². The van der Waals surface area contributed by atoms with Crippen LogP contribution in [0.4, 0.5) is 0 Å². The Bertz CT molecular complexity index is 657. The first kappa shape index (κ1) is 13.8. The van der Waals surface area contributed by atoms with Crippen LogP contribution in [0.3, 0.4) is 0 Å². The van der Waals surface area contributed by atoms with Crippen LogP contribution in [-0.2, 0) is 11.2 Å². The van der Waals surface area contributed by atoms with Gasteiger partial charge in [0.15, 0.2) is 5.82 Å². The van der Waals surface area contributed by atoms with Crippen LogP contribution in [0, 0.1) is 12.8 Å². The summed E-state index contributed by atoms with van der Waals surface area (Å²) in [4.78, 5) is 22.4. The van der Waals surface area contributed by atoms with E-state index < -0.39 is 0 Å². The fourth-order valence-electron chi connectivity index (χ4n) is 3.26. The largest absolute Gasteiger partial charge is 0.372 e. The van der Waals surface area contributed by atoms with Crippen molar-refractivity contribution >= 4 is 17.2 Å². The average molecular weight is 320 g/mol. The molecule has 0 aromatic carbocycles. The number of hydrogen-bond donors (Lipinski definition) is 0. The summed E-state index contributed by atoms with van der Waals surface area (Å²) in [6.07, 6.45) is 1.78. The minimum absolute atomic E-state index is 0.00308. The molecule has 1 amide bonds. The van der Waals surface area contributed by atoms with Crippen LogP contribution in [0.5, 0.6) is 0 Å². The summed E-state index contributed by atoms with van der Waals surface area (Å²) in [6.45, 7) is 3.18. The lowest BCUT2D eigenvalue weighted by atomic mass is 10.0. The quantitative estimate of drug-likeness (QED) is 0.848. The topological polar surface area (TPSA) is 81.4 Å². The molecule has 3 atom stereocenters. The Labute approximate surface area is 131 Å². The van der Waals surface area contributed by atoms with Gasteiger partial charge >= 0.3 is 0 Å². The molecule has 2 saturated heterocycles. The van der Waals surface area contributed by atoms with Crippen molar-refractivity contribution in [3.8, 4) is 0 Å². The summed E-state index contributed by atoms with van der Waals surface area (Å²) in [5, 5.41) is 5.58. The monoisotopic (exact) mass is 320 g/mol. The zero-order chi connectivity index (χ0) is 15.1. The van der Waals surface area contributed by atoms with Gasteiger partial charge in [0.1, 0.15) is 5.69 Å². The number of fused-ring (bicyclic) bond motifs is 1. The maximum atomic E-state index is 12.3. The zero-order valence-electron chi connectivity index (χ0n) is 12.1. The highest BCUT2D eigenvalue weighted by Gasteiger charge is 2.44. The number of ether oxygens (including phenoxy) is 1. The number of amides is 1. The third kappa shape index (κ3) is 2.52. The van der Waals surface area contributed by atoms with Gasteiger partial charge in [0.25, 0.3) is 5.91 Å². The van der Waals surface area contributed by atoms with E-state index in [1.807, 2.05) is 4.90 Å². The molecule has 7 nitrogen and oxygen atoms in total. The molecule has 0 spiro atoms. The van der Waals surface area contributed by atoms with Crippen LogP contribution >= 0.6 is 11.3 Å². The molecule has 0 saturated carbocycles. The molecule has 0 N–H and O–H groups in total. The lowest BCUT2D eigenvalue weighted by Gasteiger charge is -2.18. The number of aryl methyl sites for hydroxylation is 1. The number of nitrogens with zero attached hydrogens (tertiary/aromatic N) is 4. The van der Waals surface area contributed by atoms with Crippen LogP contribution in [-0.4, -0.2) is 51.2 Å². The Morgan fingerprint density at radius 2 is 2.41 bits per heavy atom. The predicted octanol–water partition coefficient (Wildman–Crippen LogP) is 1.31. The van der Waals surface area contributed by atoms with Crippen molar-refractivity contribution in [3.63, 3.8) is 0 Å². The Hall–Kier alpha value is -1.80. The molecule has 0 radical (unpaired) electrons. The molecule has 2 fully saturated rings. The molecule has 22 heavy (non-hydrogen) atoms. The van der Waals surface area contributed by atoms with Gasteiger partial charge < -0.3 is 14.2 Å².